The van der Waals surface area contributed by atoms with E-state index >= 15 is 0 Å². The Kier molecular flexibility index (Phi) is 8.15. The SMILES string of the molecule is COC1CCN(CCC2CCN(CCOC(C)C)CC2)CC1. The van der Waals surface area contributed by atoms with Crippen molar-refractivity contribution < 1.29 is 9.47 Å². The summed E-state index contributed by atoms with van der Waals surface area (Å²) in [4.78, 5) is 5.21. The number of ether oxygens (including phenoxy) is 2. The Morgan fingerprint density at radius 2 is 1.50 bits per heavy atom. The van der Waals surface area contributed by atoms with E-state index in [0.717, 1.165) is 19.1 Å². The number of nitrogens with zero attached hydrogens (tertiary/aromatic N) is 2. The van der Waals surface area contributed by atoms with Gasteiger partial charge in [0.25, 0.3) is 0 Å². The molecule has 0 unspecified atom stereocenters. The lowest BCUT2D eigenvalue weighted by Crippen LogP contribution is -2.39. The molecular weight excluding hydrogens is 276 g/mol. The quantitative estimate of drug-likeness (QED) is 0.688. The summed E-state index contributed by atoms with van der Waals surface area (Å²) >= 11 is 0. The average Bonchev–Trinajstić information content (AvgIpc) is 2.54. The van der Waals surface area contributed by atoms with E-state index in [0.29, 0.717) is 12.2 Å². The van der Waals surface area contributed by atoms with Crippen LogP contribution in [0.4, 0.5) is 0 Å². The minimum absolute atomic E-state index is 0.361. The topological polar surface area (TPSA) is 24.9 Å². The molecule has 0 spiro atoms. The summed E-state index contributed by atoms with van der Waals surface area (Å²) < 4.78 is 11.1. The molecule has 0 radical (unpaired) electrons. The number of likely N-dealkylation sites (tertiary alicyclic amines) is 2. The molecule has 130 valence electrons. The third kappa shape index (κ3) is 6.53. The number of methoxy groups -OCH3 is 1. The van der Waals surface area contributed by atoms with Gasteiger partial charge in [-0.25, -0.2) is 0 Å². The number of piperidine rings is 2. The number of hydrogen-bond donors (Lipinski definition) is 0. The van der Waals surface area contributed by atoms with Crippen LogP contribution in [-0.4, -0.2) is 75.0 Å². The molecule has 0 saturated carbocycles. The van der Waals surface area contributed by atoms with Crippen LogP contribution in [0.25, 0.3) is 0 Å². The molecule has 4 heteroatoms. The Morgan fingerprint density at radius 3 is 2.09 bits per heavy atom. The molecule has 22 heavy (non-hydrogen) atoms. The minimum atomic E-state index is 0.361. The van der Waals surface area contributed by atoms with Crippen molar-refractivity contribution in [3.05, 3.63) is 0 Å². The standard InChI is InChI=1S/C18H36N2O2/c1-16(2)22-15-14-20-10-5-17(6-11-20)4-9-19-12-7-18(21-3)8-13-19/h16-18H,4-15H2,1-3H3. The predicted octanol–water partition coefficient (Wildman–Crippen LogP) is 2.62. The van der Waals surface area contributed by atoms with Crippen LogP contribution in [0.1, 0.15) is 46.0 Å². The summed E-state index contributed by atoms with van der Waals surface area (Å²) in [6, 6.07) is 0. The normalized spacial score (nSPS) is 23.5. The molecule has 2 aliphatic rings. The lowest BCUT2D eigenvalue weighted by molar-refractivity contribution is 0.0361. The molecule has 0 aliphatic carbocycles. The first kappa shape index (κ1) is 18.2. The maximum absolute atomic E-state index is 5.66. The van der Waals surface area contributed by atoms with Gasteiger partial charge < -0.3 is 19.3 Å². The second kappa shape index (κ2) is 9.86. The van der Waals surface area contributed by atoms with Crippen LogP contribution in [0.5, 0.6) is 0 Å². The molecule has 2 saturated heterocycles. The smallest absolute Gasteiger partial charge is 0.0596 e. The van der Waals surface area contributed by atoms with Gasteiger partial charge in [0.2, 0.25) is 0 Å². The fourth-order valence-electron chi connectivity index (χ4n) is 3.65. The van der Waals surface area contributed by atoms with Gasteiger partial charge >= 0.3 is 0 Å². The Morgan fingerprint density at radius 1 is 0.909 bits per heavy atom. The molecule has 0 aromatic heterocycles. The fourth-order valence-corrected chi connectivity index (χ4v) is 3.65. The highest BCUT2D eigenvalue weighted by molar-refractivity contribution is 4.76. The zero-order chi connectivity index (χ0) is 15.8. The third-order valence-electron chi connectivity index (χ3n) is 5.29. The molecule has 0 aromatic rings. The first-order chi connectivity index (χ1) is 10.7. The van der Waals surface area contributed by atoms with Crippen LogP contribution in [0, 0.1) is 5.92 Å². The summed E-state index contributed by atoms with van der Waals surface area (Å²) in [5.41, 5.74) is 0. The Hall–Kier alpha value is -0.160. The van der Waals surface area contributed by atoms with E-state index in [9.17, 15) is 0 Å². The van der Waals surface area contributed by atoms with Crippen LogP contribution in [0.3, 0.4) is 0 Å². The molecule has 2 fully saturated rings. The largest absolute Gasteiger partial charge is 0.381 e. The summed E-state index contributed by atoms with van der Waals surface area (Å²) in [6.07, 6.45) is 7.42. The molecule has 2 aliphatic heterocycles. The third-order valence-corrected chi connectivity index (χ3v) is 5.29. The van der Waals surface area contributed by atoms with E-state index in [1.807, 2.05) is 7.11 Å². The van der Waals surface area contributed by atoms with Gasteiger partial charge in [-0.05, 0) is 71.5 Å². The lowest BCUT2D eigenvalue weighted by Gasteiger charge is -2.35. The van der Waals surface area contributed by atoms with Crippen molar-refractivity contribution in [3.8, 4) is 0 Å². The second-order valence-electron chi connectivity index (χ2n) is 7.27. The Labute approximate surface area is 137 Å². The van der Waals surface area contributed by atoms with Gasteiger partial charge in [-0.2, -0.15) is 0 Å². The summed E-state index contributed by atoms with van der Waals surface area (Å²) in [6.45, 7) is 12.5. The van der Waals surface area contributed by atoms with Gasteiger partial charge in [0.15, 0.2) is 0 Å². The van der Waals surface area contributed by atoms with Crippen LogP contribution in [-0.2, 0) is 9.47 Å². The van der Waals surface area contributed by atoms with Crippen molar-refractivity contribution in [3.63, 3.8) is 0 Å². The molecule has 2 rings (SSSR count). The van der Waals surface area contributed by atoms with Crippen molar-refractivity contribution in [1.29, 1.82) is 0 Å². The predicted molar refractivity (Wildman–Crippen MR) is 91.3 cm³/mol. The van der Waals surface area contributed by atoms with Crippen LogP contribution in [0.2, 0.25) is 0 Å². The van der Waals surface area contributed by atoms with Crippen molar-refractivity contribution in [2.75, 3.05) is 53.0 Å². The summed E-state index contributed by atoms with van der Waals surface area (Å²) in [5.74, 6) is 0.933. The van der Waals surface area contributed by atoms with E-state index in [-0.39, 0.29) is 0 Å². The Bertz CT molecular complexity index is 283. The molecular formula is C18H36N2O2. The van der Waals surface area contributed by atoms with Gasteiger partial charge in [-0.15, -0.1) is 0 Å². The second-order valence-corrected chi connectivity index (χ2v) is 7.27. The lowest BCUT2D eigenvalue weighted by atomic mass is 9.93. The fraction of sp³-hybridized carbons (Fsp3) is 1.00. The monoisotopic (exact) mass is 312 g/mol. The van der Waals surface area contributed by atoms with Gasteiger partial charge in [0.1, 0.15) is 0 Å². The van der Waals surface area contributed by atoms with Crippen LogP contribution >= 0.6 is 0 Å². The first-order valence-corrected chi connectivity index (χ1v) is 9.26. The highest BCUT2D eigenvalue weighted by atomic mass is 16.5. The van der Waals surface area contributed by atoms with Gasteiger partial charge in [-0.3, -0.25) is 0 Å². The minimum Gasteiger partial charge on any atom is -0.381 e. The van der Waals surface area contributed by atoms with Crippen molar-refractivity contribution in [1.82, 2.24) is 9.80 Å². The van der Waals surface area contributed by atoms with Crippen molar-refractivity contribution in [2.24, 2.45) is 5.92 Å². The zero-order valence-corrected chi connectivity index (χ0v) is 14.9. The van der Waals surface area contributed by atoms with E-state index in [1.54, 1.807) is 0 Å². The molecule has 0 N–H and O–H groups in total. The van der Waals surface area contributed by atoms with E-state index in [4.69, 9.17) is 9.47 Å². The molecule has 0 atom stereocenters. The van der Waals surface area contributed by atoms with Crippen LogP contribution < -0.4 is 0 Å². The molecule has 0 aromatic carbocycles. The highest BCUT2D eigenvalue weighted by Gasteiger charge is 2.22. The van der Waals surface area contributed by atoms with E-state index in [2.05, 4.69) is 23.6 Å². The molecule has 0 bridgehead atoms. The van der Waals surface area contributed by atoms with E-state index in [1.165, 1.54) is 64.8 Å². The maximum atomic E-state index is 5.66. The summed E-state index contributed by atoms with van der Waals surface area (Å²) in [7, 11) is 1.85. The molecule has 4 nitrogen and oxygen atoms in total. The van der Waals surface area contributed by atoms with Gasteiger partial charge in [0.05, 0.1) is 18.8 Å². The van der Waals surface area contributed by atoms with Crippen LogP contribution in [0.15, 0.2) is 0 Å². The average molecular weight is 312 g/mol. The molecule has 2 heterocycles. The number of rotatable bonds is 8. The molecule has 0 amide bonds. The summed E-state index contributed by atoms with van der Waals surface area (Å²) in [5, 5.41) is 0. The highest BCUT2D eigenvalue weighted by Crippen LogP contribution is 2.22. The van der Waals surface area contributed by atoms with Gasteiger partial charge in [-0.1, -0.05) is 0 Å². The van der Waals surface area contributed by atoms with Crippen molar-refractivity contribution >= 4 is 0 Å². The maximum Gasteiger partial charge on any atom is 0.0596 e. The zero-order valence-electron chi connectivity index (χ0n) is 14.9. The first-order valence-electron chi connectivity index (χ1n) is 9.26. The van der Waals surface area contributed by atoms with Gasteiger partial charge in [0, 0.05) is 26.7 Å². The van der Waals surface area contributed by atoms with E-state index < -0.39 is 0 Å². The number of hydrogen-bond acceptors (Lipinski definition) is 4. The van der Waals surface area contributed by atoms with Crippen molar-refractivity contribution in [2.45, 2.75) is 58.2 Å². The Balaban J connectivity index is 1.52.